The van der Waals surface area contributed by atoms with E-state index in [4.69, 9.17) is 0 Å². The minimum absolute atomic E-state index is 0.0912. The van der Waals surface area contributed by atoms with Crippen molar-refractivity contribution in [3.63, 3.8) is 0 Å². The van der Waals surface area contributed by atoms with E-state index in [9.17, 15) is 12.6 Å². The Hall–Kier alpha value is -2.92. The molecule has 0 spiro atoms. The van der Waals surface area contributed by atoms with Gasteiger partial charge in [0.1, 0.15) is 6.04 Å². The molecule has 34 heavy (non-hydrogen) atoms. The highest BCUT2D eigenvalue weighted by molar-refractivity contribution is 7.89. The van der Waals surface area contributed by atoms with Gasteiger partial charge < -0.3 is 0 Å². The van der Waals surface area contributed by atoms with E-state index in [1.54, 1.807) is 24.3 Å². The molecule has 7 heteroatoms. The summed E-state index contributed by atoms with van der Waals surface area (Å²) in [6.07, 6.45) is 0. The minimum Gasteiger partial charge on any atom is -0.242 e. The van der Waals surface area contributed by atoms with Crippen molar-refractivity contribution >= 4 is 21.0 Å². The van der Waals surface area contributed by atoms with Crippen LogP contribution in [0, 0.1) is 18.9 Å². The Morgan fingerprint density at radius 3 is 2.03 bits per heavy atom. The van der Waals surface area contributed by atoms with Crippen LogP contribution in [0.5, 0.6) is 0 Å². The Kier molecular flexibility index (Phi) is 8.32. The second-order valence-corrected chi connectivity index (χ2v) is 12.8. The Morgan fingerprint density at radius 1 is 0.912 bits per heavy atom. The Balaban J connectivity index is 2.04. The summed E-state index contributed by atoms with van der Waals surface area (Å²) in [5.41, 5.74) is 2.59. The quantitative estimate of drug-likeness (QED) is 0.374. The second-order valence-electron chi connectivity index (χ2n) is 8.91. The van der Waals surface area contributed by atoms with Gasteiger partial charge in [-0.3, -0.25) is 0 Å². The number of hydrogen-bond donors (Lipinski definition) is 1. The van der Waals surface area contributed by atoms with E-state index in [2.05, 4.69) is 16.7 Å². The summed E-state index contributed by atoms with van der Waals surface area (Å²) in [7, 11) is -5.30. The summed E-state index contributed by atoms with van der Waals surface area (Å²) >= 11 is 0. The van der Waals surface area contributed by atoms with Gasteiger partial charge in [-0.2, -0.15) is 0 Å². The van der Waals surface area contributed by atoms with E-state index in [-0.39, 0.29) is 11.4 Å². The van der Waals surface area contributed by atoms with E-state index in [1.165, 1.54) is 0 Å². The van der Waals surface area contributed by atoms with Crippen molar-refractivity contribution in [3.05, 3.63) is 102 Å². The average molecular weight is 495 g/mol. The SMILES string of the molecule is Cc1ccc(S(=O)(=O)N(C#C[C@@H](NS(=O)C(C)(C)C)c2ccccc2)Cc2ccccc2)cc1. The molecule has 0 saturated heterocycles. The molecule has 5 nitrogen and oxygen atoms in total. The lowest BCUT2D eigenvalue weighted by Gasteiger charge is -2.22. The molecule has 0 aliphatic rings. The fraction of sp³-hybridized carbons (Fsp3) is 0.259. The maximum absolute atomic E-state index is 13.5. The highest BCUT2D eigenvalue weighted by atomic mass is 32.2. The van der Waals surface area contributed by atoms with Gasteiger partial charge in [-0.15, -0.1) is 0 Å². The fourth-order valence-electron chi connectivity index (χ4n) is 3.02. The Bertz CT molecular complexity index is 1270. The van der Waals surface area contributed by atoms with Gasteiger partial charge in [0.2, 0.25) is 0 Å². The largest absolute Gasteiger partial charge is 0.271 e. The molecule has 1 unspecified atom stereocenters. The zero-order chi connectivity index (χ0) is 24.8. The normalized spacial score (nSPS) is 13.4. The van der Waals surface area contributed by atoms with Gasteiger partial charge in [0, 0.05) is 6.04 Å². The van der Waals surface area contributed by atoms with Crippen molar-refractivity contribution in [1.29, 1.82) is 0 Å². The number of hydrogen-bond acceptors (Lipinski definition) is 3. The summed E-state index contributed by atoms with van der Waals surface area (Å²) in [6.45, 7) is 7.61. The number of nitrogens with one attached hydrogen (secondary N) is 1. The van der Waals surface area contributed by atoms with Crippen molar-refractivity contribution in [1.82, 2.24) is 9.03 Å². The van der Waals surface area contributed by atoms with E-state index in [1.807, 2.05) is 88.4 Å². The Morgan fingerprint density at radius 2 is 1.47 bits per heavy atom. The van der Waals surface area contributed by atoms with Crippen LogP contribution < -0.4 is 4.72 Å². The predicted molar refractivity (Wildman–Crippen MR) is 138 cm³/mol. The predicted octanol–water partition coefficient (Wildman–Crippen LogP) is 4.94. The van der Waals surface area contributed by atoms with E-state index in [0.29, 0.717) is 0 Å². The molecule has 0 radical (unpaired) electrons. The molecule has 0 saturated carbocycles. The first-order chi connectivity index (χ1) is 16.1. The van der Waals surface area contributed by atoms with E-state index in [0.717, 1.165) is 21.0 Å². The molecule has 0 heterocycles. The fourth-order valence-corrected chi connectivity index (χ4v) is 5.01. The van der Waals surface area contributed by atoms with Gasteiger partial charge in [-0.25, -0.2) is 21.7 Å². The summed E-state index contributed by atoms with van der Waals surface area (Å²) < 4.78 is 43.6. The molecular weight excluding hydrogens is 464 g/mol. The van der Waals surface area contributed by atoms with Crippen LogP contribution in [0.4, 0.5) is 0 Å². The van der Waals surface area contributed by atoms with Gasteiger partial charge in [0.15, 0.2) is 0 Å². The lowest BCUT2D eigenvalue weighted by Crippen LogP contribution is -2.35. The van der Waals surface area contributed by atoms with Crippen LogP contribution >= 0.6 is 0 Å². The number of nitrogens with zero attached hydrogens (tertiary/aromatic N) is 1. The van der Waals surface area contributed by atoms with Gasteiger partial charge in [0.25, 0.3) is 10.0 Å². The smallest absolute Gasteiger partial charge is 0.242 e. The van der Waals surface area contributed by atoms with Crippen LogP contribution in [0.25, 0.3) is 0 Å². The number of benzene rings is 3. The summed E-state index contributed by atoms with van der Waals surface area (Å²) in [4.78, 5) is 0.172. The summed E-state index contributed by atoms with van der Waals surface area (Å²) in [6, 6.07) is 27.7. The molecule has 0 aromatic heterocycles. The molecular formula is C27H30N2O3S2. The number of sulfonamides is 1. The number of aryl methyl sites for hydroxylation is 1. The van der Waals surface area contributed by atoms with E-state index < -0.39 is 31.8 Å². The molecule has 0 aliphatic heterocycles. The molecule has 2 atom stereocenters. The Labute approximate surface area is 205 Å². The first-order valence-electron chi connectivity index (χ1n) is 10.9. The third-order valence-electron chi connectivity index (χ3n) is 5.03. The van der Waals surface area contributed by atoms with Crippen LogP contribution in [0.2, 0.25) is 0 Å². The zero-order valence-electron chi connectivity index (χ0n) is 19.9. The zero-order valence-corrected chi connectivity index (χ0v) is 21.5. The van der Waals surface area contributed by atoms with Gasteiger partial charge in [0.05, 0.1) is 27.2 Å². The highest BCUT2D eigenvalue weighted by Crippen LogP contribution is 2.20. The molecule has 3 aromatic carbocycles. The number of rotatable bonds is 7. The van der Waals surface area contributed by atoms with Crippen molar-refractivity contribution in [2.75, 3.05) is 0 Å². The molecule has 0 fully saturated rings. The topological polar surface area (TPSA) is 66.5 Å². The molecule has 0 amide bonds. The van der Waals surface area contributed by atoms with Crippen LogP contribution in [0.3, 0.4) is 0 Å². The third-order valence-corrected chi connectivity index (χ3v) is 8.26. The first kappa shape index (κ1) is 25.7. The third kappa shape index (κ3) is 6.80. The van der Waals surface area contributed by atoms with Gasteiger partial charge >= 0.3 is 0 Å². The van der Waals surface area contributed by atoms with Crippen molar-refractivity contribution in [2.24, 2.45) is 0 Å². The molecule has 0 bridgehead atoms. The van der Waals surface area contributed by atoms with Crippen LogP contribution in [0.1, 0.15) is 43.5 Å². The standard InChI is InChI=1S/C27H30N2O3S2/c1-22-15-17-25(18-16-22)34(31,32)29(21-23-11-7-5-8-12-23)20-19-26(24-13-9-6-10-14-24)28-33(30)27(2,3)4/h5-18,26,28H,21H2,1-4H3/t26-,33?/m1/s1. The monoisotopic (exact) mass is 494 g/mol. The minimum atomic E-state index is -3.89. The van der Waals surface area contributed by atoms with Crippen LogP contribution in [-0.4, -0.2) is 21.7 Å². The molecule has 1 N–H and O–H groups in total. The average Bonchev–Trinajstić information content (AvgIpc) is 2.81. The van der Waals surface area contributed by atoms with Crippen molar-refractivity contribution in [2.45, 2.75) is 49.9 Å². The summed E-state index contributed by atoms with van der Waals surface area (Å²) in [5, 5.41) is 0. The maximum atomic E-state index is 13.5. The van der Waals surface area contributed by atoms with Crippen molar-refractivity contribution < 1.29 is 12.6 Å². The molecule has 0 aliphatic carbocycles. The second kappa shape index (κ2) is 11.0. The molecule has 178 valence electrons. The van der Waals surface area contributed by atoms with E-state index >= 15 is 0 Å². The highest BCUT2D eigenvalue weighted by Gasteiger charge is 2.25. The van der Waals surface area contributed by atoms with Crippen LogP contribution in [-0.2, 0) is 27.6 Å². The van der Waals surface area contributed by atoms with Gasteiger partial charge in [-0.1, -0.05) is 84.3 Å². The molecule has 3 rings (SSSR count). The van der Waals surface area contributed by atoms with Gasteiger partial charge in [-0.05, 0) is 51.0 Å². The first-order valence-corrected chi connectivity index (χ1v) is 13.5. The van der Waals surface area contributed by atoms with Crippen molar-refractivity contribution in [3.8, 4) is 12.0 Å². The lowest BCUT2D eigenvalue weighted by atomic mass is 10.1. The summed E-state index contributed by atoms with van der Waals surface area (Å²) in [5.74, 6) is 3.04. The molecule has 3 aromatic rings. The lowest BCUT2D eigenvalue weighted by molar-refractivity contribution is 0.508. The maximum Gasteiger partial charge on any atom is 0.271 e. The van der Waals surface area contributed by atoms with Crippen LogP contribution in [0.15, 0.2) is 89.8 Å².